The number of hydrogen-bond acceptors (Lipinski definition) is 7. The van der Waals surface area contributed by atoms with Crippen molar-refractivity contribution in [3.63, 3.8) is 0 Å². The standard InChI is InChI=1S/C36H26N2O6/c1-18-16-28(40)25-17-24-21(30(32(25)33(18)41)22-6-2-4-8-27(22)39)14-15-23-31(24)36(43)38(35(23)42)20-12-10-19(11-13-20)34-37-26-7-3-5-9-29(26)44-34/h2-14,16,23-24,30-31,39H,15,17H2,1H3. The van der Waals surface area contributed by atoms with Crippen molar-refractivity contribution < 1.29 is 28.7 Å². The number of imide groups is 1. The van der Waals surface area contributed by atoms with Gasteiger partial charge in [-0.2, -0.15) is 0 Å². The van der Waals surface area contributed by atoms with Crippen molar-refractivity contribution in [2.24, 2.45) is 17.8 Å². The van der Waals surface area contributed by atoms with Gasteiger partial charge < -0.3 is 9.52 Å². The first-order valence-corrected chi connectivity index (χ1v) is 14.6. The van der Waals surface area contributed by atoms with Crippen molar-refractivity contribution in [3.05, 3.63) is 113 Å². The molecule has 3 aromatic carbocycles. The van der Waals surface area contributed by atoms with Crippen molar-refractivity contribution in [1.82, 2.24) is 4.98 Å². The molecule has 4 aliphatic rings. The van der Waals surface area contributed by atoms with Crippen LogP contribution in [0, 0.1) is 17.8 Å². The summed E-state index contributed by atoms with van der Waals surface area (Å²) < 4.78 is 5.88. The monoisotopic (exact) mass is 582 g/mol. The highest BCUT2D eigenvalue weighted by atomic mass is 16.3. The molecule has 216 valence electrons. The highest BCUT2D eigenvalue weighted by Crippen LogP contribution is 2.56. The van der Waals surface area contributed by atoms with Gasteiger partial charge in [0.05, 0.1) is 17.5 Å². The number of oxazole rings is 1. The third-order valence-electron chi connectivity index (χ3n) is 9.48. The molecule has 3 aliphatic carbocycles. The number of carbonyl (C=O) groups excluding carboxylic acids is 4. The van der Waals surface area contributed by atoms with Crippen LogP contribution >= 0.6 is 0 Å². The number of benzene rings is 3. The van der Waals surface area contributed by atoms with Gasteiger partial charge in [-0.3, -0.25) is 24.1 Å². The highest BCUT2D eigenvalue weighted by Gasteiger charge is 2.56. The van der Waals surface area contributed by atoms with Crippen molar-refractivity contribution in [1.29, 1.82) is 0 Å². The maximum absolute atomic E-state index is 14.2. The molecule has 0 bridgehead atoms. The predicted octanol–water partition coefficient (Wildman–Crippen LogP) is 5.83. The molecule has 8 nitrogen and oxygen atoms in total. The number of phenols is 1. The van der Waals surface area contributed by atoms with Crippen molar-refractivity contribution in [2.45, 2.75) is 25.7 Å². The lowest BCUT2D eigenvalue weighted by molar-refractivity contribution is -0.123. The lowest BCUT2D eigenvalue weighted by atomic mass is 9.59. The molecule has 44 heavy (non-hydrogen) atoms. The Labute approximate surface area is 252 Å². The van der Waals surface area contributed by atoms with Crippen LogP contribution in [-0.4, -0.2) is 33.5 Å². The van der Waals surface area contributed by atoms with Crippen LogP contribution in [0.2, 0.25) is 0 Å². The second kappa shape index (κ2) is 9.57. The maximum atomic E-state index is 14.2. The van der Waals surface area contributed by atoms with Gasteiger partial charge in [-0.05, 0) is 74.2 Å². The molecule has 1 aliphatic heterocycles. The van der Waals surface area contributed by atoms with E-state index in [2.05, 4.69) is 4.98 Å². The Kier molecular flexibility index (Phi) is 5.71. The number of aromatic nitrogens is 1. The van der Waals surface area contributed by atoms with Gasteiger partial charge in [0.1, 0.15) is 11.3 Å². The zero-order valence-corrected chi connectivity index (χ0v) is 23.7. The van der Waals surface area contributed by atoms with E-state index in [4.69, 9.17) is 4.42 Å². The fourth-order valence-electron chi connectivity index (χ4n) is 7.45. The number of amides is 2. The molecule has 1 fully saturated rings. The maximum Gasteiger partial charge on any atom is 0.238 e. The van der Waals surface area contributed by atoms with E-state index in [9.17, 15) is 24.3 Å². The lowest BCUT2D eigenvalue weighted by Gasteiger charge is -2.42. The number of Topliss-reactive ketones (excluding diaryl/α,β-unsaturated/α-hetero) is 1. The summed E-state index contributed by atoms with van der Waals surface area (Å²) in [6, 6.07) is 21.2. The van der Waals surface area contributed by atoms with Crippen LogP contribution in [0.25, 0.3) is 22.6 Å². The molecule has 0 radical (unpaired) electrons. The molecule has 8 rings (SSSR count). The summed E-state index contributed by atoms with van der Waals surface area (Å²) in [5.41, 5.74) is 4.95. The first-order valence-electron chi connectivity index (χ1n) is 14.6. The lowest BCUT2D eigenvalue weighted by Crippen LogP contribution is -2.39. The molecule has 0 saturated carbocycles. The summed E-state index contributed by atoms with van der Waals surface area (Å²) >= 11 is 0. The fraction of sp³-hybridized carbons (Fsp3) is 0.194. The molecular formula is C36H26N2O6. The molecule has 0 spiro atoms. The Morgan fingerprint density at radius 3 is 2.41 bits per heavy atom. The van der Waals surface area contributed by atoms with E-state index in [1.54, 1.807) is 55.5 Å². The van der Waals surface area contributed by atoms with E-state index in [0.717, 1.165) is 11.1 Å². The third-order valence-corrected chi connectivity index (χ3v) is 9.48. The second-order valence-corrected chi connectivity index (χ2v) is 11.8. The van der Waals surface area contributed by atoms with Crippen molar-refractivity contribution >= 4 is 40.2 Å². The zero-order chi connectivity index (χ0) is 30.3. The minimum absolute atomic E-state index is 0.00922. The number of hydrogen-bond donors (Lipinski definition) is 1. The van der Waals surface area contributed by atoms with Crippen LogP contribution in [0.15, 0.2) is 112 Å². The molecule has 2 amide bonds. The molecule has 4 aromatic rings. The van der Waals surface area contributed by atoms with Gasteiger partial charge >= 0.3 is 0 Å². The predicted molar refractivity (Wildman–Crippen MR) is 161 cm³/mol. The van der Waals surface area contributed by atoms with E-state index >= 15 is 0 Å². The molecule has 1 saturated heterocycles. The van der Waals surface area contributed by atoms with Gasteiger partial charge in [0.25, 0.3) is 0 Å². The van der Waals surface area contributed by atoms with E-state index in [0.29, 0.717) is 51.4 Å². The van der Waals surface area contributed by atoms with Crippen LogP contribution in [0.4, 0.5) is 5.69 Å². The summed E-state index contributed by atoms with van der Waals surface area (Å²) in [6.45, 7) is 1.62. The number of rotatable bonds is 3. The van der Waals surface area contributed by atoms with E-state index in [1.165, 1.54) is 11.0 Å². The summed E-state index contributed by atoms with van der Waals surface area (Å²) in [5.74, 6) is -3.10. The largest absolute Gasteiger partial charge is 0.508 e. The molecule has 1 aromatic heterocycles. The summed E-state index contributed by atoms with van der Waals surface area (Å²) in [7, 11) is 0. The fourth-order valence-corrected chi connectivity index (χ4v) is 7.45. The Bertz CT molecular complexity index is 2010. The van der Waals surface area contributed by atoms with Crippen molar-refractivity contribution in [2.75, 3.05) is 4.90 Å². The number of phenolic OH excluding ortho intramolecular Hbond substituents is 1. The van der Waals surface area contributed by atoms with Crippen LogP contribution in [0.1, 0.15) is 31.2 Å². The highest BCUT2D eigenvalue weighted by molar-refractivity contribution is 6.25. The number of carbonyl (C=O) groups is 4. The molecule has 8 heteroatoms. The molecule has 4 unspecified atom stereocenters. The first-order chi connectivity index (χ1) is 21.3. The zero-order valence-electron chi connectivity index (χ0n) is 23.7. The Morgan fingerprint density at radius 1 is 0.886 bits per heavy atom. The molecular weight excluding hydrogens is 556 g/mol. The van der Waals surface area contributed by atoms with Crippen LogP contribution < -0.4 is 4.90 Å². The van der Waals surface area contributed by atoms with Crippen LogP contribution in [-0.2, 0) is 19.2 Å². The quantitative estimate of drug-likeness (QED) is 0.183. The number of aromatic hydroxyl groups is 1. The van der Waals surface area contributed by atoms with Gasteiger partial charge in [-0.25, -0.2) is 4.98 Å². The third kappa shape index (κ3) is 3.73. The number of nitrogens with zero attached hydrogens (tertiary/aromatic N) is 2. The van der Waals surface area contributed by atoms with Crippen LogP contribution in [0.5, 0.6) is 5.75 Å². The molecule has 4 atom stereocenters. The number of ketones is 2. The topological polar surface area (TPSA) is 118 Å². The van der Waals surface area contributed by atoms with E-state index in [-0.39, 0.29) is 35.6 Å². The number of allylic oxidation sites excluding steroid dienone is 6. The molecule has 1 N–H and O–H groups in total. The number of fused-ring (bicyclic) bond motifs is 4. The second-order valence-electron chi connectivity index (χ2n) is 11.8. The van der Waals surface area contributed by atoms with Crippen LogP contribution in [0.3, 0.4) is 0 Å². The Morgan fingerprint density at radius 2 is 1.64 bits per heavy atom. The summed E-state index contributed by atoms with van der Waals surface area (Å²) in [6.07, 6.45) is 3.81. The van der Waals surface area contributed by atoms with Gasteiger partial charge in [0.15, 0.2) is 17.1 Å². The smallest absolute Gasteiger partial charge is 0.238 e. The van der Waals surface area contributed by atoms with Gasteiger partial charge in [0.2, 0.25) is 17.7 Å². The average molecular weight is 583 g/mol. The average Bonchev–Trinajstić information content (AvgIpc) is 3.58. The minimum Gasteiger partial charge on any atom is -0.508 e. The first kappa shape index (κ1) is 26.3. The van der Waals surface area contributed by atoms with Gasteiger partial charge in [0, 0.05) is 33.8 Å². The van der Waals surface area contributed by atoms with E-state index in [1.807, 2.05) is 30.3 Å². The van der Waals surface area contributed by atoms with Gasteiger partial charge in [-0.1, -0.05) is 42.0 Å². The van der Waals surface area contributed by atoms with Gasteiger partial charge in [-0.15, -0.1) is 0 Å². The van der Waals surface area contributed by atoms with E-state index < -0.39 is 23.7 Å². The number of para-hydroxylation sites is 3. The summed E-state index contributed by atoms with van der Waals surface area (Å²) in [5, 5.41) is 10.9. The normalized spacial score (nSPS) is 24.7. The minimum atomic E-state index is -0.698. The van der Waals surface area contributed by atoms with Crippen molar-refractivity contribution in [3.8, 4) is 17.2 Å². The summed E-state index contributed by atoms with van der Waals surface area (Å²) in [4.78, 5) is 60.6. The Balaban J connectivity index is 1.16. The number of anilines is 1. The molecule has 2 heterocycles. The SMILES string of the molecule is CC1=CC(=O)C2=C(C1=O)C(c1ccccc1O)C1=CCC3C(=O)N(c4ccc(-c5nc6ccccc6o5)cc4)C(=O)C3C1C2. The Hall–Kier alpha value is -5.37.